The van der Waals surface area contributed by atoms with E-state index in [1.807, 2.05) is 0 Å². The Morgan fingerprint density at radius 1 is 1.05 bits per heavy atom. The number of hydrogen-bond donors (Lipinski definition) is 3. The Bertz CT molecular complexity index is 311. The molecule has 4 N–H and O–H groups in total. The van der Waals surface area contributed by atoms with Gasteiger partial charge in [0.2, 0.25) is 11.8 Å². The van der Waals surface area contributed by atoms with Crippen molar-refractivity contribution < 1.29 is 9.59 Å². The number of nitrogens with two attached hydrogens (primary N) is 1. The van der Waals surface area contributed by atoms with Gasteiger partial charge in [0.1, 0.15) is 0 Å². The van der Waals surface area contributed by atoms with Crippen LogP contribution in [0.25, 0.3) is 0 Å². The number of primary amides is 1. The fourth-order valence-corrected chi connectivity index (χ4v) is 2.92. The van der Waals surface area contributed by atoms with Gasteiger partial charge < -0.3 is 16.4 Å². The Morgan fingerprint density at radius 3 is 2.26 bits per heavy atom. The summed E-state index contributed by atoms with van der Waals surface area (Å²) in [6, 6.07) is 0.232. The van der Waals surface area contributed by atoms with Crippen LogP contribution >= 0.6 is 12.4 Å². The molecular formula is C13H24ClN3O2. The van der Waals surface area contributed by atoms with E-state index in [0.717, 1.165) is 51.6 Å². The lowest BCUT2D eigenvalue weighted by Crippen LogP contribution is -2.46. The van der Waals surface area contributed by atoms with Gasteiger partial charge in [0, 0.05) is 18.5 Å². The lowest BCUT2D eigenvalue weighted by atomic mass is 9.85. The average Bonchev–Trinajstić information content (AvgIpc) is 2.40. The van der Waals surface area contributed by atoms with E-state index >= 15 is 0 Å². The van der Waals surface area contributed by atoms with Crippen molar-refractivity contribution in [1.82, 2.24) is 10.6 Å². The molecule has 0 aromatic rings. The number of nitrogens with one attached hydrogen (secondary N) is 2. The van der Waals surface area contributed by atoms with Gasteiger partial charge in [0.25, 0.3) is 0 Å². The number of carbonyl (C=O) groups excluding carboxylic acids is 2. The molecule has 6 heteroatoms. The third-order valence-electron chi connectivity index (χ3n) is 4.14. The average molecular weight is 290 g/mol. The van der Waals surface area contributed by atoms with E-state index in [1.165, 1.54) is 0 Å². The number of rotatable bonds is 3. The number of piperidine rings is 1. The van der Waals surface area contributed by atoms with Gasteiger partial charge in [-0.15, -0.1) is 12.4 Å². The highest BCUT2D eigenvalue weighted by Crippen LogP contribution is 2.24. The summed E-state index contributed by atoms with van der Waals surface area (Å²) in [6.45, 7) is 1.82. The molecule has 1 atom stereocenters. The highest BCUT2D eigenvalue weighted by atomic mass is 35.5. The van der Waals surface area contributed by atoms with E-state index in [-0.39, 0.29) is 42.1 Å². The summed E-state index contributed by atoms with van der Waals surface area (Å²) in [7, 11) is 0. The molecule has 1 saturated heterocycles. The molecule has 0 radical (unpaired) electrons. The first-order chi connectivity index (χ1) is 8.66. The van der Waals surface area contributed by atoms with E-state index in [4.69, 9.17) is 5.73 Å². The summed E-state index contributed by atoms with van der Waals surface area (Å²) in [5, 5.41) is 6.37. The van der Waals surface area contributed by atoms with Crippen LogP contribution in [0.15, 0.2) is 0 Å². The molecule has 1 unspecified atom stereocenters. The quantitative estimate of drug-likeness (QED) is 0.710. The highest BCUT2D eigenvalue weighted by Gasteiger charge is 2.28. The first-order valence-corrected chi connectivity index (χ1v) is 6.97. The summed E-state index contributed by atoms with van der Waals surface area (Å²) in [6.07, 6.45) is 5.42. The molecule has 110 valence electrons. The molecule has 2 aliphatic rings. The smallest absolute Gasteiger partial charge is 0.224 e. The van der Waals surface area contributed by atoms with Crippen LogP contribution in [0.3, 0.4) is 0 Å². The summed E-state index contributed by atoms with van der Waals surface area (Å²) >= 11 is 0. The van der Waals surface area contributed by atoms with Crippen LogP contribution in [0.2, 0.25) is 0 Å². The molecule has 0 aromatic heterocycles. The minimum absolute atomic E-state index is 0. The van der Waals surface area contributed by atoms with Crippen molar-refractivity contribution in [3.05, 3.63) is 0 Å². The molecule has 2 amide bonds. The maximum Gasteiger partial charge on any atom is 0.224 e. The molecule has 1 saturated carbocycles. The lowest BCUT2D eigenvalue weighted by molar-refractivity contribution is -0.126. The Morgan fingerprint density at radius 2 is 1.74 bits per heavy atom. The SMILES string of the molecule is Cl.NC(=O)C1CCC(NC(=O)C2CCCNC2)CC1. The Hall–Kier alpha value is -0.810. The van der Waals surface area contributed by atoms with Gasteiger partial charge in [0.05, 0.1) is 5.92 Å². The van der Waals surface area contributed by atoms with Crippen molar-refractivity contribution in [1.29, 1.82) is 0 Å². The maximum absolute atomic E-state index is 12.0. The number of halogens is 1. The van der Waals surface area contributed by atoms with Crippen LogP contribution in [-0.2, 0) is 9.59 Å². The van der Waals surface area contributed by atoms with Crippen molar-refractivity contribution in [2.75, 3.05) is 13.1 Å². The molecule has 5 nitrogen and oxygen atoms in total. The second-order valence-electron chi connectivity index (χ2n) is 5.50. The number of amides is 2. The largest absolute Gasteiger partial charge is 0.369 e. The normalized spacial score (nSPS) is 31.1. The first kappa shape index (κ1) is 16.2. The molecule has 2 fully saturated rings. The zero-order valence-electron chi connectivity index (χ0n) is 11.2. The van der Waals surface area contributed by atoms with Gasteiger partial charge in [-0.1, -0.05) is 0 Å². The second-order valence-corrected chi connectivity index (χ2v) is 5.50. The molecular weight excluding hydrogens is 266 g/mol. The zero-order chi connectivity index (χ0) is 13.0. The van der Waals surface area contributed by atoms with E-state index in [2.05, 4.69) is 10.6 Å². The lowest BCUT2D eigenvalue weighted by Gasteiger charge is -2.30. The first-order valence-electron chi connectivity index (χ1n) is 6.97. The van der Waals surface area contributed by atoms with Crippen molar-refractivity contribution in [3.63, 3.8) is 0 Å². The van der Waals surface area contributed by atoms with E-state index < -0.39 is 0 Å². The summed E-state index contributed by atoms with van der Waals surface area (Å²) in [5.74, 6) is 0.100. The van der Waals surface area contributed by atoms with Crippen molar-refractivity contribution in [2.45, 2.75) is 44.6 Å². The van der Waals surface area contributed by atoms with Gasteiger partial charge in [-0.3, -0.25) is 9.59 Å². The Kier molecular flexibility index (Phi) is 6.58. The topological polar surface area (TPSA) is 84.2 Å². The standard InChI is InChI=1S/C13H23N3O2.ClH/c14-12(17)9-3-5-11(6-4-9)16-13(18)10-2-1-7-15-8-10;/h9-11,15H,1-8H2,(H2,14,17)(H,16,18);1H. The predicted molar refractivity (Wildman–Crippen MR) is 75.9 cm³/mol. The fraction of sp³-hybridized carbons (Fsp3) is 0.846. The Labute approximate surface area is 120 Å². The van der Waals surface area contributed by atoms with Crippen LogP contribution in [-0.4, -0.2) is 30.9 Å². The second kappa shape index (κ2) is 7.70. The summed E-state index contributed by atoms with van der Waals surface area (Å²) in [5.41, 5.74) is 5.30. The molecule has 1 heterocycles. The highest BCUT2D eigenvalue weighted by molar-refractivity contribution is 5.85. The molecule has 0 bridgehead atoms. The minimum Gasteiger partial charge on any atom is -0.369 e. The fourth-order valence-electron chi connectivity index (χ4n) is 2.92. The third kappa shape index (κ3) is 4.66. The van der Waals surface area contributed by atoms with Crippen molar-refractivity contribution in [3.8, 4) is 0 Å². The van der Waals surface area contributed by atoms with E-state index in [1.54, 1.807) is 0 Å². The molecule has 2 rings (SSSR count). The Balaban J connectivity index is 0.00000180. The maximum atomic E-state index is 12.0. The summed E-state index contributed by atoms with van der Waals surface area (Å²) in [4.78, 5) is 23.1. The predicted octanol–water partition coefficient (Wildman–Crippen LogP) is 0.568. The zero-order valence-corrected chi connectivity index (χ0v) is 12.0. The van der Waals surface area contributed by atoms with Crippen LogP contribution in [0.5, 0.6) is 0 Å². The van der Waals surface area contributed by atoms with E-state index in [0.29, 0.717) is 0 Å². The molecule has 0 aromatic carbocycles. The monoisotopic (exact) mass is 289 g/mol. The molecule has 1 aliphatic heterocycles. The van der Waals surface area contributed by atoms with Gasteiger partial charge in [-0.2, -0.15) is 0 Å². The van der Waals surface area contributed by atoms with Gasteiger partial charge in [-0.05, 0) is 45.1 Å². The molecule has 19 heavy (non-hydrogen) atoms. The van der Waals surface area contributed by atoms with Crippen LogP contribution in [0, 0.1) is 11.8 Å². The molecule has 0 spiro atoms. The van der Waals surface area contributed by atoms with Gasteiger partial charge in [0.15, 0.2) is 0 Å². The third-order valence-corrected chi connectivity index (χ3v) is 4.14. The number of hydrogen-bond acceptors (Lipinski definition) is 3. The van der Waals surface area contributed by atoms with Crippen LogP contribution in [0.1, 0.15) is 38.5 Å². The minimum atomic E-state index is -0.198. The summed E-state index contributed by atoms with van der Waals surface area (Å²) < 4.78 is 0. The van der Waals surface area contributed by atoms with Crippen molar-refractivity contribution in [2.24, 2.45) is 17.6 Å². The van der Waals surface area contributed by atoms with E-state index in [9.17, 15) is 9.59 Å². The van der Waals surface area contributed by atoms with Crippen molar-refractivity contribution >= 4 is 24.2 Å². The van der Waals surface area contributed by atoms with Gasteiger partial charge in [-0.25, -0.2) is 0 Å². The number of carbonyl (C=O) groups is 2. The van der Waals surface area contributed by atoms with Crippen LogP contribution < -0.4 is 16.4 Å². The molecule has 1 aliphatic carbocycles. The van der Waals surface area contributed by atoms with Crippen LogP contribution in [0.4, 0.5) is 0 Å². The van der Waals surface area contributed by atoms with Gasteiger partial charge >= 0.3 is 0 Å².